The first-order valence-electron chi connectivity index (χ1n) is 4.90. The standard InChI is InChI=1S/C10H14N2O5S/c1-16-7-3-4-8(17-2)9(5-7)18(14,15)12-6-10(11)13/h3-5,12H,6H2,1-2H3,(H2,11,13). The van der Waals surface area contributed by atoms with Crippen LogP contribution in [0.2, 0.25) is 0 Å². The number of carbonyl (C=O) groups is 1. The van der Waals surface area contributed by atoms with Crippen LogP contribution in [0.4, 0.5) is 0 Å². The molecule has 0 atom stereocenters. The summed E-state index contributed by atoms with van der Waals surface area (Å²) in [6.45, 7) is -0.483. The van der Waals surface area contributed by atoms with Gasteiger partial charge in [-0.25, -0.2) is 13.1 Å². The molecule has 1 aromatic carbocycles. The van der Waals surface area contributed by atoms with Crippen LogP contribution in [0.15, 0.2) is 23.1 Å². The van der Waals surface area contributed by atoms with Crippen molar-refractivity contribution >= 4 is 15.9 Å². The van der Waals surface area contributed by atoms with Crippen molar-refractivity contribution in [3.05, 3.63) is 18.2 Å². The van der Waals surface area contributed by atoms with Gasteiger partial charge in [0, 0.05) is 6.07 Å². The number of amides is 1. The van der Waals surface area contributed by atoms with E-state index in [2.05, 4.69) is 4.72 Å². The van der Waals surface area contributed by atoms with Gasteiger partial charge < -0.3 is 15.2 Å². The van der Waals surface area contributed by atoms with Crippen LogP contribution in [-0.2, 0) is 14.8 Å². The van der Waals surface area contributed by atoms with E-state index in [4.69, 9.17) is 15.2 Å². The second-order valence-electron chi connectivity index (χ2n) is 3.31. The first kappa shape index (κ1) is 14.3. The lowest BCUT2D eigenvalue weighted by molar-refractivity contribution is -0.116. The summed E-state index contributed by atoms with van der Waals surface area (Å²) < 4.78 is 35.8. The number of rotatable bonds is 6. The molecule has 7 nitrogen and oxygen atoms in total. The summed E-state index contributed by atoms with van der Waals surface area (Å²) in [4.78, 5) is 10.5. The SMILES string of the molecule is COc1ccc(OC)c(S(=O)(=O)NCC(N)=O)c1. The third kappa shape index (κ3) is 3.34. The van der Waals surface area contributed by atoms with E-state index in [0.717, 1.165) is 0 Å². The summed E-state index contributed by atoms with van der Waals surface area (Å²) in [5.74, 6) is -0.275. The van der Waals surface area contributed by atoms with Crippen LogP contribution in [0.5, 0.6) is 11.5 Å². The van der Waals surface area contributed by atoms with Gasteiger partial charge in [-0.2, -0.15) is 0 Å². The van der Waals surface area contributed by atoms with E-state index in [9.17, 15) is 13.2 Å². The number of carbonyl (C=O) groups excluding carboxylic acids is 1. The molecular weight excluding hydrogens is 260 g/mol. The first-order valence-corrected chi connectivity index (χ1v) is 6.39. The zero-order valence-electron chi connectivity index (χ0n) is 9.97. The molecule has 0 fully saturated rings. The van der Waals surface area contributed by atoms with Crippen molar-refractivity contribution in [1.29, 1.82) is 0 Å². The first-order chi connectivity index (χ1) is 8.40. The van der Waals surface area contributed by atoms with E-state index in [1.807, 2.05) is 0 Å². The Morgan fingerprint density at radius 3 is 2.50 bits per heavy atom. The molecule has 0 bridgehead atoms. The molecule has 0 aromatic heterocycles. The number of ether oxygens (including phenoxy) is 2. The minimum Gasteiger partial charge on any atom is -0.497 e. The monoisotopic (exact) mass is 274 g/mol. The van der Waals surface area contributed by atoms with Gasteiger partial charge in [0.25, 0.3) is 0 Å². The summed E-state index contributed by atoms with van der Waals surface area (Å²) >= 11 is 0. The molecular formula is C10H14N2O5S. The van der Waals surface area contributed by atoms with E-state index in [1.54, 1.807) is 6.07 Å². The highest BCUT2D eigenvalue weighted by molar-refractivity contribution is 7.89. The fraction of sp³-hybridized carbons (Fsp3) is 0.300. The van der Waals surface area contributed by atoms with Gasteiger partial charge in [-0.05, 0) is 12.1 Å². The topological polar surface area (TPSA) is 108 Å². The maximum Gasteiger partial charge on any atom is 0.244 e. The van der Waals surface area contributed by atoms with Crippen LogP contribution < -0.4 is 19.9 Å². The molecule has 0 spiro atoms. The molecule has 1 rings (SSSR count). The highest BCUT2D eigenvalue weighted by Crippen LogP contribution is 2.27. The molecule has 100 valence electrons. The third-order valence-corrected chi connectivity index (χ3v) is 3.52. The Morgan fingerprint density at radius 2 is 2.00 bits per heavy atom. The average molecular weight is 274 g/mol. The number of nitrogens with two attached hydrogens (primary N) is 1. The van der Waals surface area contributed by atoms with Gasteiger partial charge in [0.1, 0.15) is 16.4 Å². The van der Waals surface area contributed by atoms with Crippen molar-refractivity contribution in [3.8, 4) is 11.5 Å². The van der Waals surface area contributed by atoms with Gasteiger partial charge in [0.05, 0.1) is 20.8 Å². The van der Waals surface area contributed by atoms with Gasteiger partial charge in [0.2, 0.25) is 15.9 Å². The number of methoxy groups -OCH3 is 2. The van der Waals surface area contributed by atoms with Gasteiger partial charge in [-0.3, -0.25) is 4.79 Å². The lowest BCUT2D eigenvalue weighted by Crippen LogP contribution is -2.33. The van der Waals surface area contributed by atoms with Gasteiger partial charge in [0.15, 0.2) is 0 Å². The predicted molar refractivity (Wildman–Crippen MR) is 63.9 cm³/mol. The van der Waals surface area contributed by atoms with Crippen molar-refractivity contribution in [2.45, 2.75) is 4.90 Å². The van der Waals surface area contributed by atoms with Crippen LogP contribution in [0.25, 0.3) is 0 Å². The minimum absolute atomic E-state index is 0.120. The van der Waals surface area contributed by atoms with E-state index < -0.39 is 22.5 Å². The van der Waals surface area contributed by atoms with Gasteiger partial charge in [-0.1, -0.05) is 0 Å². The number of sulfonamides is 1. The molecule has 8 heteroatoms. The Kier molecular flexibility index (Phi) is 4.51. The molecule has 0 saturated carbocycles. The molecule has 0 unspecified atom stereocenters. The largest absolute Gasteiger partial charge is 0.497 e. The molecule has 0 heterocycles. The number of benzene rings is 1. The zero-order valence-corrected chi connectivity index (χ0v) is 10.8. The Balaban J connectivity index is 3.16. The highest BCUT2D eigenvalue weighted by Gasteiger charge is 2.20. The smallest absolute Gasteiger partial charge is 0.244 e. The third-order valence-electron chi connectivity index (χ3n) is 2.10. The van der Waals surface area contributed by atoms with Crippen molar-refractivity contribution in [3.63, 3.8) is 0 Å². The molecule has 1 amide bonds. The van der Waals surface area contributed by atoms with Gasteiger partial charge in [-0.15, -0.1) is 0 Å². The quantitative estimate of drug-likeness (QED) is 0.725. The Morgan fingerprint density at radius 1 is 1.33 bits per heavy atom. The zero-order chi connectivity index (χ0) is 13.8. The van der Waals surface area contributed by atoms with Crippen LogP contribution >= 0.6 is 0 Å². The fourth-order valence-corrected chi connectivity index (χ4v) is 2.41. The van der Waals surface area contributed by atoms with E-state index >= 15 is 0 Å². The fourth-order valence-electron chi connectivity index (χ4n) is 1.24. The van der Waals surface area contributed by atoms with E-state index in [-0.39, 0.29) is 10.6 Å². The molecule has 0 aliphatic rings. The predicted octanol–water partition coefficient (Wildman–Crippen LogP) is -0.533. The normalized spacial score (nSPS) is 11.0. The Bertz CT molecular complexity index is 541. The molecule has 0 saturated heterocycles. The Hall–Kier alpha value is -1.80. The average Bonchev–Trinajstić information content (AvgIpc) is 2.35. The van der Waals surface area contributed by atoms with Crippen LogP contribution in [0.1, 0.15) is 0 Å². The number of nitrogens with one attached hydrogen (secondary N) is 1. The molecule has 0 radical (unpaired) electrons. The van der Waals surface area contributed by atoms with Crippen LogP contribution in [0.3, 0.4) is 0 Å². The van der Waals surface area contributed by atoms with Crippen LogP contribution in [-0.4, -0.2) is 35.1 Å². The summed E-state index contributed by atoms with van der Waals surface area (Å²) in [5, 5.41) is 0. The second-order valence-corrected chi connectivity index (χ2v) is 5.04. The Labute approximate surface area is 105 Å². The molecule has 1 aromatic rings. The summed E-state index contributed by atoms with van der Waals surface area (Å²) in [6, 6.07) is 4.31. The van der Waals surface area contributed by atoms with Gasteiger partial charge >= 0.3 is 0 Å². The molecule has 0 aliphatic heterocycles. The second kappa shape index (κ2) is 5.69. The van der Waals surface area contributed by atoms with Crippen molar-refractivity contribution in [2.24, 2.45) is 5.73 Å². The molecule has 0 aliphatic carbocycles. The summed E-state index contributed by atoms with van der Waals surface area (Å²) in [5.41, 5.74) is 4.88. The molecule has 3 N–H and O–H groups in total. The number of hydrogen-bond acceptors (Lipinski definition) is 5. The van der Waals surface area contributed by atoms with E-state index in [1.165, 1.54) is 26.4 Å². The minimum atomic E-state index is -3.89. The maximum absolute atomic E-state index is 11.9. The number of primary amides is 1. The van der Waals surface area contributed by atoms with Crippen molar-refractivity contribution in [1.82, 2.24) is 4.72 Å². The number of hydrogen-bond donors (Lipinski definition) is 2. The lowest BCUT2D eigenvalue weighted by atomic mass is 10.3. The van der Waals surface area contributed by atoms with E-state index in [0.29, 0.717) is 5.75 Å². The highest BCUT2D eigenvalue weighted by atomic mass is 32.2. The molecule has 18 heavy (non-hydrogen) atoms. The van der Waals surface area contributed by atoms with Crippen LogP contribution in [0, 0.1) is 0 Å². The lowest BCUT2D eigenvalue weighted by Gasteiger charge is -2.11. The summed E-state index contributed by atoms with van der Waals surface area (Å²) in [6.07, 6.45) is 0. The maximum atomic E-state index is 11.9. The van der Waals surface area contributed by atoms with Crippen molar-refractivity contribution < 1.29 is 22.7 Å². The summed E-state index contributed by atoms with van der Waals surface area (Å²) in [7, 11) is -1.13. The van der Waals surface area contributed by atoms with Crippen molar-refractivity contribution in [2.75, 3.05) is 20.8 Å².